The summed E-state index contributed by atoms with van der Waals surface area (Å²) in [5.41, 5.74) is 3.10. The van der Waals surface area contributed by atoms with E-state index in [1.54, 1.807) is 31.1 Å². The molecule has 0 saturated heterocycles. The third-order valence-corrected chi connectivity index (χ3v) is 4.77. The molecule has 2 aromatic rings. The minimum Gasteiger partial charge on any atom is -0.447 e. The first-order chi connectivity index (χ1) is 14.2. The predicted molar refractivity (Wildman–Crippen MR) is 115 cm³/mol. The van der Waals surface area contributed by atoms with Gasteiger partial charge in [-0.25, -0.2) is 9.59 Å². The molecule has 2 amide bonds. The second-order valence-electron chi connectivity index (χ2n) is 7.61. The molecule has 2 heterocycles. The number of anilines is 1. The Bertz CT molecular complexity index is 974. The Kier molecular flexibility index (Phi) is 8.27. The van der Waals surface area contributed by atoms with Crippen molar-refractivity contribution < 1.29 is 24.0 Å². The SMILES string of the molecule is CC(=O)On1cc(-c2ccc3c(c2)[C@H](NC(=O)OC(C)C)C[C@H](C)N3C(C)=O)cn1.[Na]. The van der Waals surface area contributed by atoms with E-state index in [0.717, 1.165) is 27.2 Å². The molecule has 31 heavy (non-hydrogen) atoms. The molecule has 0 spiro atoms. The van der Waals surface area contributed by atoms with Crippen LogP contribution < -0.4 is 15.1 Å². The molecule has 161 valence electrons. The number of nitrogens with zero attached hydrogens (tertiary/aromatic N) is 3. The van der Waals surface area contributed by atoms with Crippen LogP contribution in [0.15, 0.2) is 30.6 Å². The number of alkyl carbamates (subject to hydrolysis) is 1. The quantitative estimate of drug-likeness (QED) is 0.738. The molecular formula is C21H26N4NaO5. The molecule has 3 rings (SSSR count). The summed E-state index contributed by atoms with van der Waals surface area (Å²) >= 11 is 0. The molecule has 0 aliphatic carbocycles. The normalized spacial score (nSPS) is 17.4. The summed E-state index contributed by atoms with van der Waals surface area (Å²) < 4.78 is 5.24. The maximum Gasteiger partial charge on any atom is 0.407 e. The van der Waals surface area contributed by atoms with Gasteiger partial charge in [0.15, 0.2) is 0 Å². The molecule has 2 atom stereocenters. The number of nitrogens with one attached hydrogen (secondary N) is 1. The molecule has 1 radical (unpaired) electrons. The molecule has 0 bridgehead atoms. The molecule has 0 unspecified atom stereocenters. The maximum absolute atomic E-state index is 12.3. The number of carbonyl (C=O) groups excluding carboxylic acids is 3. The van der Waals surface area contributed by atoms with Gasteiger partial charge in [-0.05, 0) is 50.5 Å². The van der Waals surface area contributed by atoms with Crippen molar-refractivity contribution in [3.8, 4) is 11.1 Å². The number of aromatic nitrogens is 2. The van der Waals surface area contributed by atoms with Crippen LogP contribution in [0.4, 0.5) is 10.5 Å². The molecule has 9 nitrogen and oxygen atoms in total. The number of ether oxygens (including phenoxy) is 1. The number of rotatable bonds is 4. The number of fused-ring (bicyclic) bond motifs is 1. The Morgan fingerprint density at radius 3 is 2.52 bits per heavy atom. The summed E-state index contributed by atoms with van der Waals surface area (Å²) in [4.78, 5) is 43.4. The van der Waals surface area contributed by atoms with Gasteiger partial charge in [-0.3, -0.25) is 4.79 Å². The molecule has 1 aliphatic rings. The summed E-state index contributed by atoms with van der Waals surface area (Å²) in [6.07, 6.45) is 2.98. The minimum atomic E-state index is -0.502. The van der Waals surface area contributed by atoms with Crippen molar-refractivity contribution in [3.05, 3.63) is 36.2 Å². The smallest absolute Gasteiger partial charge is 0.407 e. The topological polar surface area (TPSA) is 103 Å². The Balaban J connectivity index is 0.00000341. The van der Waals surface area contributed by atoms with Crippen LogP contribution in [0, 0.1) is 0 Å². The van der Waals surface area contributed by atoms with Crippen LogP contribution in [0.2, 0.25) is 0 Å². The average molecular weight is 437 g/mol. The zero-order valence-electron chi connectivity index (χ0n) is 18.7. The van der Waals surface area contributed by atoms with E-state index in [4.69, 9.17) is 9.57 Å². The molecule has 10 heteroatoms. The van der Waals surface area contributed by atoms with Gasteiger partial charge in [0.2, 0.25) is 5.91 Å². The van der Waals surface area contributed by atoms with Crippen LogP contribution in [0.3, 0.4) is 0 Å². The summed E-state index contributed by atoms with van der Waals surface area (Å²) in [7, 11) is 0. The first-order valence-corrected chi connectivity index (χ1v) is 9.80. The van der Waals surface area contributed by atoms with Gasteiger partial charge in [0.05, 0.1) is 24.5 Å². The third kappa shape index (κ3) is 5.87. The van der Waals surface area contributed by atoms with Gasteiger partial charge in [-0.2, -0.15) is 0 Å². The van der Waals surface area contributed by atoms with E-state index in [9.17, 15) is 14.4 Å². The van der Waals surface area contributed by atoms with Gasteiger partial charge in [0.1, 0.15) is 0 Å². The Morgan fingerprint density at radius 1 is 1.19 bits per heavy atom. The van der Waals surface area contributed by atoms with Gasteiger partial charge in [-0.15, -0.1) is 5.10 Å². The molecule has 1 N–H and O–H groups in total. The van der Waals surface area contributed by atoms with Crippen molar-refractivity contribution in [2.45, 2.75) is 59.2 Å². The van der Waals surface area contributed by atoms with Gasteiger partial charge in [-0.1, -0.05) is 10.9 Å². The maximum atomic E-state index is 12.3. The van der Waals surface area contributed by atoms with Crippen LogP contribution in [-0.4, -0.2) is 69.6 Å². The van der Waals surface area contributed by atoms with E-state index in [-0.39, 0.29) is 53.7 Å². The third-order valence-electron chi connectivity index (χ3n) is 4.77. The van der Waals surface area contributed by atoms with Crippen LogP contribution in [0.25, 0.3) is 11.1 Å². The van der Waals surface area contributed by atoms with Gasteiger partial charge < -0.3 is 19.8 Å². The fourth-order valence-corrected chi connectivity index (χ4v) is 3.69. The van der Waals surface area contributed by atoms with Crippen LogP contribution >= 0.6 is 0 Å². The number of benzene rings is 1. The monoisotopic (exact) mass is 437 g/mol. The fourth-order valence-electron chi connectivity index (χ4n) is 3.69. The number of hydrogen-bond donors (Lipinski definition) is 1. The molecule has 1 aromatic heterocycles. The van der Waals surface area contributed by atoms with Crippen molar-refractivity contribution in [1.82, 2.24) is 15.3 Å². The Labute approximate surface area is 203 Å². The minimum absolute atomic E-state index is 0. The zero-order valence-corrected chi connectivity index (χ0v) is 20.7. The van der Waals surface area contributed by atoms with Crippen LogP contribution in [0.1, 0.15) is 52.6 Å². The number of carbonyl (C=O) groups is 3. The van der Waals surface area contributed by atoms with Crippen LogP contribution in [0.5, 0.6) is 0 Å². The second kappa shape index (κ2) is 10.3. The van der Waals surface area contributed by atoms with Crippen molar-refractivity contribution in [3.63, 3.8) is 0 Å². The van der Waals surface area contributed by atoms with Gasteiger partial charge >= 0.3 is 12.1 Å². The van der Waals surface area contributed by atoms with Gasteiger partial charge in [0, 0.05) is 60.7 Å². The van der Waals surface area contributed by atoms with Crippen molar-refractivity contribution in [2.75, 3.05) is 4.90 Å². The molecular weight excluding hydrogens is 411 g/mol. The van der Waals surface area contributed by atoms with Crippen LogP contribution in [-0.2, 0) is 14.3 Å². The van der Waals surface area contributed by atoms with E-state index in [1.165, 1.54) is 13.8 Å². The largest absolute Gasteiger partial charge is 0.447 e. The van der Waals surface area contributed by atoms with Crippen molar-refractivity contribution >= 4 is 53.2 Å². The standard InChI is InChI=1S/C21H26N4O5.Na/c1-12(2)29-21(28)23-19-8-13(3)25(14(4)26)20-7-6-16(9-18(19)20)17-10-22-24(11-17)30-15(5)27;/h6-7,9-13,19H,8H2,1-5H3,(H,23,28);/t13-,19+;/m0./s1. The zero-order chi connectivity index (χ0) is 22.0. The molecule has 1 aliphatic heterocycles. The van der Waals surface area contributed by atoms with E-state index < -0.39 is 12.1 Å². The summed E-state index contributed by atoms with van der Waals surface area (Å²) in [6, 6.07) is 5.22. The Morgan fingerprint density at radius 2 is 1.90 bits per heavy atom. The molecule has 0 saturated carbocycles. The second-order valence-corrected chi connectivity index (χ2v) is 7.61. The van der Waals surface area contributed by atoms with E-state index >= 15 is 0 Å². The van der Waals surface area contributed by atoms with Crippen molar-refractivity contribution in [2.24, 2.45) is 0 Å². The number of hydrogen-bond acceptors (Lipinski definition) is 6. The first kappa shape index (κ1) is 24.9. The number of amides is 2. The Hall–Kier alpha value is -2.36. The van der Waals surface area contributed by atoms with Crippen molar-refractivity contribution in [1.29, 1.82) is 0 Å². The predicted octanol–water partition coefficient (Wildman–Crippen LogP) is 2.47. The summed E-state index contributed by atoms with van der Waals surface area (Å²) in [6.45, 7) is 8.34. The molecule has 1 aromatic carbocycles. The molecule has 0 fully saturated rings. The first-order valence-electron chi connectivity index (χ1n) is 9.80. The van der Waals surface area contributed by atoms with E-state index in [2.05, 4.69) is 10.4 Å². The average Bonchev–Trinajstić information content (AvgIpc) is 3.08. The fraction of sp³-hybridized carbons (Fsp3) is 0.429. The summed E-state index contributed by atoms with van der Waals surface area (Å²) in [5, 5.41) is 6.94. The van der Waals surface area contributed by atoms with Gasteiger partial charge in [0.25, 0.3) is 0 Å². The van der Waals surface area contributed by atoms with E-state index in [1.807, 2.05) is 25.1 Å². The summed E-state index contributed by atoms with van der Waals surface area (Å²) in [5.74, 6) is -0.545. The van der Waals surface area contributed by atoms with E-state index in [0.29, 0.717) is 6.42 Å².